The Morgan fingerprint density at radius 3 is 2.35 bits per heavy atom. The average Bonchev–Trinajstić information content (AvgIpc) is 2.89. The largest absolute Gasteiger partial charge is 0.330 e. The van der Waals surface area contributed by atoms with Crippen LogP contribution in [0.4, 0.5) is 5.95 Å². The molecule has 1 aromatic rings. The van der Waals surface area contributed by atoms with Crippen LogP contribution in [0.25, 0.3) is 0 Å². The Bertz CT molecular complexity index is 426. The van der Waals surface area contributed by atoms with Crippen molar-refractivity contribution in [2.24, 2.45) is 5.41 Å². The van der Waals surface area contributed by atoms with Crippen molar-refractivity contribution in [2.75, 3.05) is 4.90 Å². The summed E-state index contributed by atoms with van der Waals surface area (Å²) in [4.78, 5) is 32.2. The van der Waals surface area contributed by atoms with Crippen LogP contribution < -0.4 is 4.90 Å². The van der Waals surface area contributed by atoms with Gasteiger partial charge in [-0.05, 0) is 18.3 Å². The number of amides is 2. The van der Waals surface area contributed by atoms with Gasteiger partial charge in [0.2, 0.25) is 17.8 Å². The lowest BCUT2D eigenvalue weighted by Gasteiger charge is -2.35. The molecule has 0 radical (unpaired) electrons. The van der Waals surface area contributed by atoms with Crippen molar-refractivity contribution in [3.63, 3.8) is 0 Å². The Hall–Kier alpha value is -1.65. The van der Waals surface area contributed by atoms with Gasteiger partial charge in [-0.15, -0.1) is 0 Å². The van der Waals surface area contributed by atoms with Crippen LogP contribution in [0.5, 0.6) is 0 Å². The molecule has 1 spiro atoms. The molecule has 2 fully saturated rings. The fourth-order valence-corrected chi connectivity index (χ4v) is 3.10. The first-order chi connectivity index (χ1) is 8.20. The van der Waals surface area contributed by atoms with Gasteiger partial charge in [0.15, 0.2) is 0 Å². The fraction of sp³-hybridized carbons (Fsp3) is 0.583. The summed E-state index contributed by atoms with van der Waals surface area (Å²) in [6.07, 6.45) is 8.44. The first-order valence-electron chi connectivity index (χ1n) is 6.05. The second kappa shape index (κ2) is 3.68. The quantitative estimate of drug-likeness (QED) is 0.749. The molecule has 5 nitrogen and oxygen atoms in total. The Labute approximate surface area is 99.2 Å². The van der Waals surface area contributed by atoms with Crippen LogP contribution in [0.1, 0.15) is 38.5 Å². The molecule has 1 aliphatic heterocycles. The number of H-pyrrole nitrogens is 1. The number of piperidine rings is 1. The standard InChI is InChI=1S/C12H15N3O2/c16-9-7-12(3-1-2-4-12)8-10(17)15(9)11-13-5-6-14-11/h5-6H,1-4,7-8H2,(H,13,14). The van der Waals surface area contributed by atoms with E-state index in [2.05, 4.69) is 9.97 Å². The molecule has 1 aromatic heterocycles. The second-order valence-corrected chi connectivity index (χ2v) is 5.10. The number of carbonyl (C=O) groups is 2. The first kappa shape index (κ1) is 10.5. The van der Waals surface area contributed by atoms with Crippen LogP contribution in [0.3, 0.4) is 0 Å². The van der Waals surface area contributed by atoms with Crippen molar-refractivity contribution in [1.82, 2.24) is 9.97 Å². The van der Waals surface area contributed by atoms with Crippen molar-refractivity contribution in [1.29, 1.82) is 0 Å². The van der Waals surface area contributed by atoms with Gasteiger partial charge in [-0.2, -0.15) is 0 Å². The summed E-state index contributed by atoms with van der Waals surface area (Å²) in [6, 6.07) is 0. The van der Waals surface area contributed by atoms with Gasteiger partial charge in [0.1, 0.15) is 0 Å². The highest BCUT2D eigenvalue weighted by Gasteiger charge is 2.46. The number of hydrogen-bond donors (Lipinski definition) is 1. The number of aromatic amines is 1. The monoisotopic (exact) mass is 233 g/mol. The molecule has 1 aliphatic carbocycles. The zero-order valence-corrected chi connectivity index (χ0v) is 9.61. The summed E-state index contributed by atoms with van der Waals surface area (Å²) in [5.41, 5.74) is -0.0444. The van der Waals surface area contributed by atoms with Gasteiger partial charge < -0.3 is 4.98 Å². The topological polar surface area (TPSA) is 66.1 Å². The van der Waals surface area contributed by atoms with Crippen LogP contribution in [0.15, 0.2) is 12.4 Å². The van der Waals surface area contributed by atoms with Crippen LogP contribution in [-0.4, -0.2) is 21.8 Å². The van der Waals surface area contributed by atoms with Gasteiger partial charge in [-0.25, -0.2) is 9.88 Å². The number of nitrogens with zero attached hydrogens (tertiary/aromatic N) is 2. The number of nitrogens with one attached hydrogen (secondary N) is 1. The molecule has 3 rings (SSSR count). The third-order valence-corrected chi connectivity index (χ3v) is 3.91. The Morgan fingerprint density at radius 1 is 1.18 bits per heavy atom. The molecule has 2 heterocycles. The lowest BCUT2D eigenvalue weighted by Crippen LogP contribution is -2.47. The lowest BCUT2D eigenvalue weighted by molar-refractivity contribution is -0.133. The van der Waals surface area contributed by atoms with Crippen LogP contribution in [-0.2, 0) is 9.59 Å². The summed E-state index contributed by atoms with van der Waals surface area (Å²) in [6.45, 7) is 0. The highest BCUT2D eigenvalue weighted by atomic mass is 16.2. The number of imide groups is 1. The summed E-state index contributed by atoms with van der Waals surface area (Å²) in [7, 11) is 0. The first-order valence-corrected chi connectivity index (χ1v) is 6.05. The molecule has 0 aromatic carbocycles. The van der Waals surface area contributed by atoms with E-state index in [-0.39, 0.29) is 17.2 Å². The SMILES string of the molecule is O=C1CC2(CCCC2)CC(=O)N1c1ncc[nH]1. The third kappa shape index (κ3) is 1.66. The van der Waals surface area contributed by atoms with Crippen molar-refractivity contribution in [3.05, 3.63) is 12.4 Å². The van der Waals surface area contributed by atoms with Crippen LogP contribution >= 0.6 is 0 Å². The fourth-order valence-electron chi connectivity index (χ4n) is 3.10. The molecule has 2 aliphatic rings. The van der Waals surface area contributed by atoms with Gasteiger partial charge in [0.25, 0.3) is 0 Å². The molecular formula is C12H15N3O2. The minimum absolute atomic E-state index is 0.0444. The number of rotatable bonds is 1. The number of imidazole rings is 1. The van der Waals surface area contributed by atoms with Crippen molar-refractivity contribution in [3.8, 4) is 0 Å². The summed E-state index contributed by atoms with van der Waals surface area (Å²) in [5.74, 6) is 0.129. The molecule has 1 saturated carbocycles. The smallest absolute Gasteiger partial charge is 0.236 e. The molecule has 90 valence electrons. The van der Waals surface area contributed by atoms with E-state index in [1.807, 2.05) is 0 Å². The predicted molar refractivity (Wildman–Crippen MR) is 61.2 cm³/mol. The summed E-state index contributed by atoms with van der Waals surface area (Å²) >= 11 is 0. The van der Waals surface area contributed by atoms with Gasteiger partial charge in [0, 0.05) is 25.2 Å². The zero-order valence-electron chi connectivity index (χ0n) is 9.61. The number of anilines is 1. The maximum Gasteiger partial charge on any atom is 0.236 e. The molecule has 1 N–H and O–H groups in total. The minimum Gasteiger partial charge on any atom is -0.330 e. The summed E-state index contributed by atoms with van der Waals surface area (Å²) < 4.78 is 0. The molecule has 0 atom stereocenters. The number of carbonyl (C=O) groups excluding carboxylic acids is 2. The maximum absolute atomic E-state index is 12.1. The van der Waals surface area contributed by atoms with Crippen molar-refractivity contribution < 1.29 is 9.59 Å². The van der Waals surface area contributed by atoms with E-state index in [1.54, 1.807) is 12.4 Å². The third-order valence-electron chi connectivity index (χ3n) is 3.91. The number of hydrogen-bond acceptors (Lipinski definition) is 3. The summed E-state index contributed by atoms with van der Waals surface area (Å²) in [5, 5.41) is 0. The zero-order chi connectivity index (χ0) is 11.9. The highest BCUT2D eigenvalue weighted by molar-refractivity contribution is 6.15. The van der Waals surface area contributed by atoms with Crippen molar-refractivity contribution >= 4 is 17.8 Å². The van der Waals surface area contributed by atoms with Crippen LogP contribution in [0.2, 0.25) is 0 Å². The molecule has 17 heavy (non-hydrogen) atoms. The lowest BCUT2D eigenvalue weighted by atomic mass is 9.76. The van der Waals surface area contributed by atoms with Crippen LogP contribution in [0, 0.1) is 5.41 Å². The number of aromatic nitrogens is 2. The molecule has 5 heteroatoms. The molecular weight excluding hydrogens is 218 g/mol. The van der Waals surface area contributed by atoms with E-state index in [9.17, 15) is 9.59 Å². The van der Waals surface area contributed by atoms with Gasteiger partial charge >= 0.3 is 0 Å². The van der Waals surface area contributed by atoms with Crippen molar-refractivity contribution in [2.45, 2.75) is 38.5 Å². The Balaban J connectivity index is 1.86. The van der Waals surface area contributed by atoms with Gasteiger partial charge in [0.05, 0.1) is 0 Å². The predicted octanol–water partition coefficient (Wildman–Crippen LogP) is 1.62. The second-order valence-electron chi connectivity index (χ2n) is 5.10. The highest BCUT2D eigenvalue weighted by Crippen LogP contribution is 2.47. The molecule has 0 unspecified atom stereocenters. The average molecular weight is 233 g/mol. The Kier molecular flexibility index (Phi) is 2.28. The van der Waals surface area contributed by atoms with E-state index in [4.69, 9.17) is 0 Å². The molecule has 2 amide bonds. The van der Waals surface area contributed by atoms with E-state index in [0.29, 0.717) is 18.8 Å². The maximum atomic E-state index is 12.1. The van der Waals surface area contributed by atoms with E-state index < -0.39 is 0 Å². The molecule has 1 saturated heterocycles. The van der Waals surface area contributed by atoms with E-state index in [0.717, 1.165) is 25.7 Å². The minimum atomic E-state index is -0.113. The van der Waals surface area contributed by atoms with E-state index >= 15 is 0 Å². The van der Waals surface area contributed by atoms with Gasteiger partial charge in [-0.1, -0.05) is 12.8 Å². The Morgan fingerprint density at radius 2 is 1.82 bits per heavy atom. The molecule has 0 bridgehead atoms. The van der Waals surface area contributed by atoms with Gasteiger partial charge in [-0.3, -0.25) is 9.59 Å². The normalized spacial score (nSPS) is 23.6. The van der Waals surface area contributed by atoms with E-state index in [1.165, 1.54) is 4.90 Å².